The molecule has 3 nitrogen and oxygen atoms in total. The van der Waals surface area contributed by atoms with Crippen LogP contribution >= 0.6 is 0 Å². The lowest BCUT2D eigenvalue weighted by molar-refractivity contribution is -0.117. The van der Waals surface area contributed by atoms with Crippen molar-refractivity contribution in [1.82, 2.24) is 0 Å². The second-order valence-corrected chi connectivity index (χ2v) is 6.12. The molecule has 2 unspecified atom stereocenters. The van der Waals surface area contributed by atoms with Gasteiger partial charge in [-0.05, 0) is 49.3 Å². The predicted molar refractivity (Wildman–Crippen MR) is 82.7 cm³/mol. The summed E-state index contributed by atoms with van der Waals surface area (Å²) < 4.78 is 0. The number of hydrogen-bond donors (Lipinski definition) is 2. The van der Waals surface area contributed by atoms with Gasteiger partial charge in [-0.15, -0.1) is 0 Å². The summed E-state index contributed by atoms with van der Waals surface area (Å²) in [4.78, 5) is 12.4. The molecule has 1 aromatic rings. The number of carbonyl (C=O) groups is 1. The van der Waals surface area contributed by atoms with E-state index in [2.05, 4.69) is 17.2 Å². The lowest BCUT2D eigenvalue weighted by Gasteiger charge is -2.07. The summed E-state index contributed by atoms with van der Waals surface area (Å²) in [5, 5.41) is 11.8. The average Bonchev–Trinajstić information content (AvgIpc) is 3.22. The maximum atomic E-state index is 12.4. The first-order valence-corrected chi connectivity index (χ1v) is 7.72. The van der Waals surface area contributed by atoms with Crippen molar-refractivity contribution in [1.29, 1.82) is 0 Å². The molecule has 2 aliphatic carbocycles. The van der Waals surface area contributed by atoms with Crippen LogP contribution in [0.15, 0.2) is 18.2 Å². The van der Waals surface area contributed by atoms with Crippen LogP contribution in [0.1, 0.15) is 36.8 Å². The standard InChI is InChI=1S/C18H21NO2/c1-12-8-9-14(11-13(12)5-4-10-20)19-18(21)17-15-6-2-3-7-16(15)17/h8-9,11,15-17,20H,2-3,6-7,10H2,1H3,(H,19,21). The minimum absolute atomic E-state index is 0.151. The molecule has 1 aromatic carbocycles. The molecule has 0 saturated heterocycles. The summed E-state index contributed by atoms with van der Waals surface area (Å²) in [7, 11) is 0. The Bertz CT molecular complexity index is 599. The summed E-state index contributed by atoms with van der Waals surface area (Å²) in [6, 6.07) is 5.77. The van der Waals surface area contributed by atoms with Gasteiger partial charge in [0.05, 0.1) is 0 Å². The summed E-state index contributed by atoms with van der Waals surface area (Å²) in [5.41, 5.74) is 2.71. The summed E-state index contributed by atoms with van der Waals surface area (Å²) >= 11 is 0. The highest BCUT2D eigenvalue weighted by atomic mass is 16.2. The number of rotatable bonds is 2. The Balaban J connectivity index is 1.69. The van der Waals surface area contributed by atoms with Gasteiger partial charge < -0.3 is 10.4 Å². The molecule has 0 aromatic heterocycles. The van der Waals surface area contributed by atoms with Gasteiger partial charge in [0, 0.05) is 17.2 Å². The maximum Gasteiger partial charge on any atom is 0.228 e. The van der Waals surface area contributed by atoms with Gasteiger partial charge in [0.15, 0.2) is 0 Å². The van der Waals surface area contributed by atoms with Crippen LogP contribution in [0.5, 0.6) is 0 Å². The third-order valence-corrected chi connectivity index (χ3v) is 4.77. The zero-order valence-corrected chi connectivity index (χ0v) is 12.4. The van der Waals surface area contributed by atoms with Crippen LogP contribution in [0.3, 0.4) is 0 Å². The number of nitrogens with one attached hydrogen (secondary N) is 1. The largest absolute Gasteiger partial charge is 0.384 e. The molecular weight excluding hydrogens is 262 g/mol. The molecule has 2 atom stereocenters. The lowest BCUT2D eigenvalue weighted by Crippen LogP contribution is -2.15. The van der Waals surface area contributed by atoms with Crippen molar-refractivity contribution < 1.29 is 9.90 Å². The zero-order chi connectivity index (χ0) is 14.8. The molecule has 2 saturated carbocycles. The van der Waals surface area contributed by atoms with E-state index in [1.165, 1.54) is 25.7 Å². The van der Waals surface area contributed by atoms with Gasteiger partial charge in [0.2, 0.25) is 5.91 Å². The Morgan fingerprint density at radius 2 is 2.05 bits per heavy atom. The summed E-state index contributed by atoms with van der Waals surface area (Å²) in [5.74, 6) is 7.21. The zero-order valence-electron chi connectivity index (χ0n) is 12.4. The molecule has 0 heterocycles. The van der Waals surface area contributed by atoms with Gasteiger partial charge in [0.1, 0.15) is 6.61 Å². The van der Waals surface area contributed by atoms with Gasteiger partial charge in [0.25, 0.3) is 0 Å². The minimum atomic E-state index is -0.151. The maximum absolute atomic E-state index is 12.4. The van der Waals surface area contributed by atoms with Crippen molar-refractivity contribution in [3.05, 3.63) is 29.3 Å². The number of aliphatic hydroxyl groups excluding tert-OH is 1. The normalized spacial score (nSPS) is 26.3. The molecular formula is C18H21NO2. The molecule has 2 aliphatic rings. The van der Waals surface area contributed by atoms with Crippen molar-refractivity contribution >= 4 is 11.6 Å². The van der Waals surface area contributed by atoms with Crippen LogP contribution < -0.4 is 5.32 Å². The van der Waals surface area contributed by atoms with Crippen LogP contribution in [0.2, 0.25) is 0 Å². The van der Waals surface area contributed by atoms with Crippen molar-refractivity contribution in [2.24, 2.45) is 17.8 Å². The van der Waals surface area contributed by atoms with Crippen molar-refractivity contribution in [2.75, 3.05) is 11.9 Å². The van der Waals surface area contributed by atoms with Gasteiger partial charge in [-0.3, -0.25) is 4.79 Å². The van der Waals surface area contributed by atoms with Gasteiger partial charge >= 0.3 is 0 Å². The Hall–Kier alpha value is -1.79. The number of fused-ring (bicyclic) bond motifs is 1. The predicted octanol–water partition coefficient (Wildman–Crippen LogP) is 2.71. The van der Waals surface area contributed by atoms with Crippen LogP contribution in [-0.4, -0.2) is 17.6 Å². The highest BCUT2D eigenvalue weighted by Gasteiger charge is 2.54. The minimum Gasteiger partial charge on any atom is -0.384 e. The lowest BCUT2D eigenvalue weighted by atomic mass is 10.0. The molecule has 0 radical (unpaired) electrons. The Morgan fingerprint density at radius 1 is 1.33 bits per heavy atom. The highest BCUT2D eigenvalue weighted by molar-refractivity contribution is 5.95. The molecule has 0 bridgehead atoms. The van der Waals surface area contributed by atoms with E-state index in [0.29, 0.717) is 11.8 Å². The molecule has 3 rings (SSSR count). The second kappa shape index (κ2) is 5.91. The van der Waals surface area contributed by atoms with Gasteiger partial charge in [-0.25, -0.2) is 0 Å². The van der Waals surface area contributed by atoms with E-state index in [9.17, 15) is 4.79 Å². The number of aliphatic hydroxyl groups is 1. The monoisotopic (exact) mass is 283 g/mol. The van der Waals surface area contributed by atoms with Crippen molar-refractivity contribution in [2.45, 2.75) is 32.6 Å². The average molecular weight is 283 g/mol. The third kappa shape index (κ3) is 2.96. The van der Waals surface area contributed by atoms with E-state index in [4.69, 9.17) is 5.11 Å². The molecule has 0 aliphatic heterocycles. The van der Waals surface area contributed by atoms with Crippen LogP contribution in [0, 0.1) is 36.5 Å². The molecule has 21 heavy (non-hydrogen) atoms. The first-order chi connectivity index (χ1) is 10.2. The molecule has 2 fully saturated rings. The number of anilines is 1. The number of aryl methyl sites for hydroxylation is 1. The molecule has 1 amide bonds. The highest BCUT2D eigenvalue weighted by Crippen LogP contribution is 2.55. The number of carbonyl (C=O) groups excluding carboxylic acids is 1. The first-order valence-electron chi connectivity index (χ1n) is 7.72. The topological polar surface area (TPSA) is 49.3 Å². The van der Waals surface area contributed by atoms with Crippen molar-refractivity contribution in [3.63, 3.8) is 0 Å². The van der Waals surface area contributed by atoms with Crippen LogP contribution in [-0.2, 0) is 4.79 Å². The summed E-state index contributed by atoms with van der Waals surface area (Å²) in [6.45, 7) is 1.82. The Kier molecular flexibility index (Phi) is 3.98. The van der Waals surface area contributed by atoms with Crippen LogP contribution in [0.25, 0.3) is 0 Å². The van der Waals surface area contributed by atoms with E-state index in [1.54, 1.807) is 0 Å². The first kappa shape index (κ1) is 14.2. The Morgan fingerprint density at radius 3 is 2.71 bits per heavy atom. The SMILES string of the molecule is Cc1ccc(NC(=O)C2C3CCCCC32)cc1C#CCO. The van der Waals surface area contributed by atoms with E-state index >= 15 is 0 Å². The molecule has 110 valence electrons. The Labute approximate surface area is 125 Å². The van der Waals surface area contributed by atoms with E-state index < -0.39 is 0 Å². The fourth-order valence-corrected chi connectivity index (χ4v) is 3.58. The van der Waals surface area contributed by atoms with Gasteiger partial charge in [-0.1, -0.05) is 30.7 Å². The third-order valence-electron chi connectivity index (χ3n) is 4.77. The van der Waals surface area contributed by atoms with E-state index in [-0.39, 0.29) is 18.4 Å². The van der Waals surface area contributed by atoms with E-state index in [0.717, 1.165) is 16.8 Å². The fourth-order valence-electron chi connectivity index (χ4n) is 3.58. The van der Waals surface area contributed by atoms with E-state index in [1.807, 2.05) is 25.1 Å². The number of benzene rings is 1. The molecule has 2 N–H and O–H groups in total. The number of hydrogen-bond acceptors (Lipinski definition) is 2. The second-order valence-electron chi connectivity index (χ2n) is 6.12. The van der Waals surface area contributed by atoms with Crippen LogP contribution in [0.4, 0.5) is 5.69 Å². The van der Waals surface area contributed by atoms with Gasteiger partial charge in [-0.2, -0.15) is 0 Å². The smallest absolute Gasteiger partial charge is 0.228 e. The summed E-state index contributed by atoms with van der Waals surface area (Å²) in [6.07, 6.45) is 4.97. The van der Waals surface area contributed by atoms with Crippen molar-refractivity contribution in [3.8, 4) is 11.8 Å². The molecule has 3 heteroatoms. The fraction of sp³-hybridized carbons (Fsp3) is 0.500. The quantitative estimate of drug-likeness (QED) is 0.820. The molecule has 0 spiro atoms. The number of amides is 1.